The molecule has 0 saturated heterocycles. The summed E-state index contributed by atoms with van der Waals surface area (Å²) < 4.78 is 9.91. The van der Waals surface area contributed by atoms with Crippen molar-refractivity contribution in [2.75, 3.05) is 4.90 Å². The van der Waals surface area contributed by atoms with Gasteiger partial charge in [0.05, 0.1) is 16.5 Å². The summed E-state index contributed by atoms with van der Waals surface area (Å²) >= 11 is 1.89. The first-order valence-corrected chi connectivity index (χ1v) is 28.5. The Morgan fingerprint density at radius 2 is 1.05 bits per heavy atom. The Labute approximate surface area is 464 Å². The van der Waals surface area contributed by atoms with Gasteiger partial charge < -0.3 is 9.32 Å². The van der Waals surface area contributed by atoms with E-state index in [1.807, 2.05) is 11.3 Å². The first-order valence-electron chi connectivity index (χ1n) is 27.7. The van der Waals surface area contributed by atoms with Gasteiger partial charge in [0, 0.05) is 47.9 Å². The van der Waals surface area contributed by atoms with Crippen LogP contribution >= 0.6 is 11.3 Å². The predicted molar refractivity (Wildman–Crippen MR) is 333 cm³/mol. The summed E-state index contributed by atoms with van der Waals surface area (Å²) in [7, 11) is 0. The third-order valence-corrected chi connectivity index (χ3v) is 18.7. The number of rotatable bonds is 8. The molecular formula is C76H53NOS. The highest BCUT2D eigenvalue weighted by Crippen LogP contribution is 2.59. The van der Waals surface area contributed by atoms with Gasteiger partial charge in [-0.15, -0.1) is 11.3 Å². The van der Waals surface area contributed by atoms with Gasteiger partial charge in [0.25, 0.3) is 0 Å². The van der Waals surface area contributed by atoms with Gasteiger partial charge in [0.15, 0.2) is 0 Å². The summed E-state index contributed by atoms with van der Waals surface area (Å²) in [5.41, 5.74) is 24.2. The van der Waals surface area contributed by atoms with E-state index in [1.165, 1.54) is 98.1 Å². The largest absolute Gasteiger partial charge is 0.455 e. The summed E-state index contributed by atoms with van der Waals surface area (Å²) in [5, 5.41) is 4.65. The fourth-order valence-corrected chi connectivity index (χ4v) is 15.1. The van der Waals surface area contributed by atoms with Gasteiger partial charge in [-0.05, 0) is 163 Å². The summed E-state index contributed by atoms with van der Waals surface area (Å²) in [5.74, 6) is 0. The number of hydrogen-bond acceptors (Lipinski definition) is 3. The fourth-order valence-electron chi connectivity index (χ4n) is 14.0. The van der Waals surface area contributed by atoms with Crippen molar-refractivity contribution in [1.29, 1.82) is 0 Å². The summed E-state index contributed by atoms with van der Waals surface area (Å²) in [6.07, 6.45) is 9.15. The lowest BCUT2D eigenvalue weighted by Gasteiger charge is -2.35. The minimum atomic E-state index is -0.641. The highest BCUT2D eigenvalue weighted by Gasteiger charge is 2.47. The maximum absolute atomic E-state index is 7.40. The zero-order valence-electron chi connectivity index (χ0n) is 44.0. The number of fused-ring (bicyclic) bond motifs is 12. The highest BCUT2D eigenvalue weighted by atomic mass is 32.1. The quantitative estimate of drug-likeness (QED) is 0.151. The molecule has 0 unspecified atom stereocenters. The van der Waals surface area contributed by atoms with Gasteiger partial charge >= 0.3 is 0 Å². The predicted octanol–water partition coefficient (Wildman–Crippen LogP) is 21.2. The van der Waals surface area contributed by atoms with Crippen molar-refractivity contribution in [3.8, 4) is 44.5 Å². The third-order valence-electron chi connectivity index (χ3n) is 17.6. The van der Waals surface area contributed by atoms with Gasteiger partial charge in [-0.3, -0.25) is 0 Å². The van der Waals surface area contributed by atoms with Crippen molar-refractivity contribution in [1.82, 2.24) is 0 Å². The van der Waals surface area contributed by atoms with Crippen LogP contribution in [0.5, 0.6) is 0 Å². The normalized spacial score (nSPS) is 14.6. The maximum Gasteiger partial charge on any atom is 0.145 e. The van der Waals surface area contributed by atoms with E-state index in [0.29, 0.717) is 0 Å². The first-order chi connectivity index (χ1) is 38.9. The number of para-hydroxylation sites is 1. The van der Waals surface area contributed by atoms with Crippen LogP contribution in [0.3, 0.4) is 0 Å². The average Bonchev–Trinajstić information content (AvgIpc) is 4.44. The van der Waals surface area contributed by atoms with Crippen LogP contribution in [0.25, 0.3) is 92.2 Å². The SMILES string of the molecule is CC1(C)c2ccccc2-c2ccc(N(c3ccc(-c4ccccc4)cc3)c3ccc(-c4cc(C5(c6cccc(C7=CCCC=C7)c6)c6ccccc6-c6ccccc65)cc5sc6ccccc6c45)c4oc5ccccc5c34)cc21. The van der Waals surface area contributed by atoms with Gasteiger partial charge in [0.2, 0.25) is 0 Å². The number of thiophene rings is 1. The molecule has 0 amide bonds. The molecule has 13 aromatic rings. The number of nitrogens with zero attached hydrogens (tertiary/aromatic N) is 1. The fraction of sp³-hybridized carbons (Fsp3) is 0.0789. The number of hydrogen-bond donors (Lipinski definition) is 0. The Balaban J connectivity index is 0.977. The van der Waals surface area contributed by atoms with E-state index in [2.05, 4.69) is 280 Å². The molecule has 79 heavy (non-hydrogen) atoms. The lowest BCUT2D eigenvalue weighted by molar-refractivity contribution is 0.660. The Hall–Kier alpha value is -9.28. The van der Waals surface area contributed by atoms with Gasteiger partial charge in [-0.2, -0.15) is 0 Å². The zero-order valence-corrected chi connectivity index (χ0v) is 44.8. The highest BCUT2D eigenvalue weighted by molar-refractivity contribution is 7.26. The van der Waals surface area contributed by atoms with E-state index in [9.17, 15) is 0 Å². The Morgan fingerprint density at radius 1 is 0.418 bits per heavy atom. The van der Waals surface area contributed by atoms with Gasteiger partial charge in [-0.25, -0.2) is 0 Å². The monoisotopic (exact) mass is 1030 g/mol. The van der Waals surface area contributed by atoms with Crippen molar-refractivity contribution >= 4 is 76.1 Å². The molecule has 0 radical (unpaired) electrons. The molecule has 0 N–H and O–H groups in total. The van der Waals surface area contributed by atoms with E-state index in [4.69, 9.17) is 4.42 Å². The van der Waals surface area contributed by atoms with Crippen LogP contribution in [0.15, 0.2) is 265 Å². The topological polar surface area (TPSA) is 16.4 Å². The van der Waals surface area contributed by atoms with Crippen molar-refractivity contribution in [2.45, 2.75) is 37.5 Å². The zero-order chi connectivity index (χ0) is 52.4. The molecular weight excluding hydrogens is 975 g/mol. The minimum absolute atomic E-state index is 0.185. The summed E-state index contributed by atoms with van der Waals surface area (Å²) in [6.45, 7) is 4.74. The second-order valence-corrected chi connectivity index (χ2v) is 23.2. The maximum atomic E-state index is 7.40. The second-order valence-electron chi connectivity index (χ2n) is 22.1. The van der Waals surface area contributed by atoms with Crippen LogP contribution < -0.4 is 4.90 Å². The number of furan rings is 1. The Kier molecular flexibility index (Phi) is 10.2. The molecule has 0 atom stereocenters. The molecule has 3 aliphatic carbocycles. The molecule has 374 valence electrons. The van der Waals surface area contributed by atoms with Crippen LogP contribution in [0.1, 0.15) is 65.6 Å². The van der Waals surface area contributed by atoms with Crippen LogP contribution in [-0.4, -0.2) is 0 Å². The average molecular weight is 1030 g/mol. The van der Waals surface area contributed by atoms with Crippen LogP contribution in [0.4, 0.5) is 17.1 Å². The van der Waals surface area contributed by atoms with Crippen molar-refractivity contribution in [2.24, 2.45) is 0 Å². The smallest absolute Gasteiger partial charge is 0.145 e. The Bertz CT molecular complexity index is 4650. The molecule has 3 aliphatic rings. The third kappa shape index (κ3) is 6.82. The van der Waals surface area contributed by atoms with E-state index in [1.54, 1.807) is 0 Å². The van der Waals surface area contributed by atoms with Gasteiger partial charge in [0.1, 0.15) is 11.2 Å². The van der Waals surface area contributed by atoms with E-state index in [-0.39, 0.29) is 5.41 Å². The van der Waals surface area contributed by atoms with E-state index < -0.39 is 5.41 Å². The van der Waals surface area contributed by atoms with E-state index in [0.717, 1.165) is 63.0 Å². The molecule has 3 heteroatoms. The lowest BCUT2D eigenvalue weighted by Crippen LogP contribution is -2.28. The number of benzene rings is 11. The Morgan fingerprint density at radius 3 is 1.82 bits per heavy atom. The standard InChI is InChI=1S/C76H53NOS/c1-75(2)64-31-14-9-26-56(64)59-41-40-55(47-67(59)75)77(54-38-36-50(37-39-54)48-20-5-3-6-21-48)68-43-42-60(74-73(68)61-29-12-17-34-69(61)78-74)63-45-53(46-71-72(63)62-30-13-18-35-70(62)79-71)76(52-25-19-24-51(44-52)49-22-7-4-8-23-49)65-32-15-10-27-57(65)58-28-11-16-33-66(58)76/h3,5-7,9-47H,4,8H2,1-2H3. The molecule has 0 spiro atoms. The molecule has 2 heterocycles. The van der Waals surface area contributed by atoms with Crippen LogP contribution in [-0.2, 0) is 10.8 Å². The molecule has 2 aromatic heterocycles. The van der Waals surface area contributed by atoms with Crippen molar-refractivity contribution < 1.29 is 4.42 Å². The second kappa shape index (κ2) is 17.6. The molecule has 2 nitrogen and oxygen atoms in total. The number of anilines is 3. The van der Waals surface area contributed by atoms with Crippen LogP contribution in [0.2, 0.25) is 0 Å². The van der Waals surface area contributed by atoms with Crippen molar-refractivity contribution in [3.05, 3.63) is 300 Å². The number of allylic oxidation sites excluding steroid dienone is 4. The molecule has 0 fully saturated rings. The molecule has 16 rings (SSSR count). The van der Waals surface area contributed by atoms with Crippen molar-refractivity contribution in [3.63, 3.8) is 0 Å². The lowest BCUT2D eigenvalue weighted by atomic mass is 9.66. The molecule has 0 bridgehead atoms. The minimum Gasteiger partial charge on any atom is -0.455 e. The summed E-state index contributed by atoms with van der Waals surface area (Å²) in [4.78, 5) is 2.47. The first kappa shape index (κ1) is 45.9. The molecule has 0 aliphatic heterocycles. The van der Waals surface area contributed by atoms with E-state index >= 15 is 0 Å². The molecule has 0 saturated carbocycles. The van der Waals surface area contributed by atoms with Gasteiger partial charge in [-0.1, -0.05) is 208 Å². The van der Waals surface area contributed by atoms with Crippen LogP contribution in [0, 0.1) is 0 Å². The molecule has 11 aromatic carbocycles. The summed E-state index contributed by atoms with van der Waals surface area (Å²) in [6, 6.07) is 90.8.